The summed E-state index contributed by atoms with van der Waals surface area (Å²) in [5, 5.41) is 4.43. The lowest BCUT2D eigenvalue weighted by molar-refractivity contribution is 0.193. The summed E-state index contributed by atoms with van der Waals surface area (Å²) in [6.45, 7) is 3.69. The van der Waals surface area contributed by atoms with E-state index in [1.165, 1.54) is 0 Å². The van der Waals surface area contributed by atoms with Gasteiger partial charge in [-0.3, -0.25) is 4.68 Å². The van der Waals surface area contributed by atoms with Gasteiger partial charge in [0.15, 0.2) is 0 Å². The Bertz CT molecular complexity index is 368. The highest BCUT2D eigenvalue weighted by Gasteiger charge is 2.25. The quantitative estimate of drug-likeness (QED) is 0.824. The summed E-state index contributed by atoms with van der Waals surface area (Å²) in [7, 11) is 4.00. The van der Waals surface area contributed by atoms with E-state index in [2.05, 4.69) is 24.0 Å². The van der Waals surface area contributed by atoms with Crippen LogP contribution >= 0.6 is 0 Å². The molecule has 2 heterocycles. The van der Waals surface area contributed by atoms with Crippen LogP contribution in [0.15, 0.2) is 0 Å². The summed E-state index contributed by atoms with van der Waals surface area (Å²) >= 11 is 0. The average molecular weight is 224 g/mol. The number of ether oxygens (including phenoxy) is 1. The molecule has 0 spiro atoms. The van der Waals surface area contributed by atoms with E-state index in [4.69, 9.17) is 10.5 Å². The van der Waals surface area contributed by atoms with Gasteiger partial charge in [0, 0.05) is 20.7 Å². The lowest BCUT2D eigenvalue weighted by Crippen LogP contribution is -2.33. The normalized spacial score (nSPS) is 20.3. The van der Waals surface area contributed by atoms with Crippen LogP contribution in [0.4, 0.5) is 11.5 Å². The van der Waals surface area contributed by atoms with Crippen molar-refractivity contribution in [2.45, 2.75) is 25.8 Å². The minimum atomic E-state index is 0.419. The van der Waals surface area contributed by atoms with Crippen LogP contribution in [-0.4, -0.2) is 36.1 Å². The lowest BCUT2D eigenvalue weighted by atomic mass is 10.2. The lowest BCUT2D eigenvalue weighted by Gasteiger charge is -2.25. The third kappa shape index (κ3) is 1.75. The number of nitrogen functional groups attached to an aromatic ring is 1. The van der Waals surface area contributed by atoms with E-state index >= 15 is 0 Å². The largest absolute Gasteiger partial charge is 0.394 e. The number of likely N-dealkylation sites (N-methyl/N-ethyl adjacent to an activating group) is 1. The maximum atomic E-state index is 6.12. The second-order valence-corrected chi connectivity index (χ2v) is 4.29. The van der Waals surface area contributed by atoms with Crippen molar-refractivity contribution in [2.24, 2.45) is 7.05 Å². The molecule has 1 atom stereocenters. The fourth-order valence-electron chi connectivity index (χ4n) is 2.27. The Labute approximate surface area is 96.2 Å². The van der Waals surface area contributed by atoms with Gasteiger partial charge in [0.05, 0.1) is 24.0 Å². The molecule has 1 aromatic rings. The number of nitrogens with zero attached hydrogens (tertiary/aromatic N) is 3. The first-order chi connectivity index (χ1) is 7.65. The van der Waals surface area contributed by atoms with E-state index in [-0.39, 0.29) is 0 Å². The number of hydrogen-bond donors (Lipinski definition) is 1. The predicted octanol–water partition coefficient (Wildman–Crippen LogP) is 0.790. The van der Waals surface area contributed by atoms with E-state index in [0.29, 0.717) is 6.04 Å². The van der Waals surface area contributed by atoms with Gasteiger partial charge in [0.2, 0.25) is 0 Å². The molecule has 0 aliphatic carbocycles. The van der Waals surface area contributed by atoms with Crippen LogP contribution in [0.25, 0.3) is 0 Å². The smallest absolute Gasteiger partial charge is 0.150 e. The summed E-state index contributed by atoms with van der Waals surface area (Å²) in [4.78, 5) is 2.19. The molecule has 2 N–H and O–H groups in total. The molecule has 0 aromatic carbocycles. The van der Waals surface area contributed by atoms with Gasteiger partial charge in [-0.25, -0.2) is 0 Å². The van der Waals surface area contributed by atoms with Crippen LogP contribution in [0.1, 0.15) is 19.0 Å². The van der Waals surface area contributed by atoms with Gasteiger partial charge in [0.1, 0.15) is 5.82 Å². The third-order valence-corrected chi connectivity index (χ3v) is 3.25. The molecule has 90 valence electrons. The van der Waals surface area contributed by atoms with Gasteiger partial charge < -0.3 is 15.4 Å². The minimum absolute atomic E-state index is 0.419. The predicted molar refractivity (Wildman–Crippen MR) is 64.6 cm³/mol. The maximum absolute atomic E-state index is 6.12. The molecule has 0 radical (unpaired) electrons. The van der Waals surface area contributed by atoms with Crippen LogP contribution in [0.3, 0.4) is 0 Å². The summed E-state index contributed by atoms with van der Waals surface area (Å²) in [6, 6.07) is 0.419. The second kappa shape index (κ2) is 4.33. The zero-order chi connectivity index (χ0) is 11.7. The molecule has 0 amide bonds. The first-order valence-corrected chi connectivity index (χ1v) is 5.77. The van der Waals surface area contributed by atoms with E-state index < -0.39 is 0 Å². The second-order valence-electron chi connectivity index (χ2n) is 4.29. The van der Waals surface area contributed by atoms with Gasteiger partial charge >= 0.3 is 0 Å². The molecule has 5 heteroatoms. The molecular weight excluding hydrogens is 204 g/mol. The molecule has 5 nitrogen and oxygen atoms in total. The van der Waals surface area contributed by atoms with Crippen molar-refractivity contribution in [1.29, 1.82) is 0 Å². The number of aromatic nitrogens is 2. The molecular formula is C11H20N4O. The number of hydrogen-bond acceptors (Lipinski definition) is 4. The number of rotatable bonds is 3. The SMILES string of the molecule is CCc1nn(C)c(N(C)C2CCOC2)c1N. The van der Waals surface area contributed by atoms with Crippen molar-refractivity contribution in [3.8, 4) is 0 Å². The maximum Gasteiger partial charge on any atom is 0.150 e. The fraction of sp³-hybridized carbons (Fsp3) is 0.727. The van der Waals surface area contributed by atoms with Crippen molar-refractivity contribution < 1.29 is 4.74 Å². The molecule has 0 saturated carbocycles. The summed E-state index contributed by atoms with van der Waals surface area (Å²) in [5.74, 6) is 1.01. The Kier molecular flexibility index (Phi) is 3.05. The zero-order valence-electron chi connectivity index (χ0n) is 10.2. The van der Waals surface area contributed by atoms with Gasteiger partial charge in [0.25, 0.3) is 0 Å². The fourth-order valence-corrected chi connectivity index (χ4v) is 2.27. The van der Waals surface area contributed by atoms with Gasteiger partial charge in [-0.15, -0.1) is 0 Å². The summed E-state index contributed by atoms with van der Waals surface area (Å²) in [6.07, 6.45) is 1.93. The highest BCUT2D eigenvalue weighted by Crippen LogP contribution is 2.28. The van der Waals surface area contributed by atoms with Crippen molar-refractivity contribution in [3.05, 3.63) is 5.69 Å². The van der Waals surface area contributed by atoms with Gasteiger partial charge in [-0.1, -0.05) is 6.92 Å². The molecule has 1 aromatic heterocycles. The van der Waals surface area contributed by atoms with Gasteiger partial charge in [-0.2, -0.15) is 5.10 Å². The Balaban J connectivity index is 2.28. The van der Waals surface area contributed by atoms with Crippen LogP contribution in [0, 0.1) is 0 Å². The van der Waals surface area contributed by atoms with Crippen LogP contribution < -0.4 is 10.6 Å². The monoisotopic (exact) mass is 224 g/mol. The molecule has 1 aliphatic rings. The molecule has 2 rings (SSSR count). The molecule has 1 saturated heterocycles. The van der Waals surface area contributed by atoms with Crippen molar-refractivity contribution in [3.63, 3.8) is 0 Å². The Morgan fingerprint density at radius 2 is 2.38 bits per heavy atom. The average Bonchev–Trinajstić information content (AvgIpc) is 2.86. The minimum Gasteiger partial charge on any atom is -0.394 e. The highest BCUT2D eigenvalue weighted by molar-refractivity contribution is 5.66. The number of nitrogens with two attached hydrogens (primary N) is 1. The standard InChI is InChI=1S/C11H20N4O/c1-4-9-10(12)11(15(3)13-9)14(2)8-5-6-16-7-8/h8H,4-7,12H2,1-3H3. The van der Waals surface area contributed by atoms with E-state index in [9.17, 15) is 0 Å². The Hall–Kier alpha value is -1.23. The zero-order valence-corrected chi connectivity index (χ0v) is 10.2. The van der Waals surface area contributed by atoms with Crippen molar-refractivity contribution in [2.75, 3.05) is 30.9 Å². The number of aryl methyl sites for hydroxylation is 2. The molecule has 16 heavy (non-hydrogen) atoms. The van der Waals surface area contributed by atoms with E-state index in [0.717, 1.165) is 43.3 Å². The molecule has 0 bridgehead atoms. The molecule has 1 unspecified atom stereocenters. The van der Waals surface area contributed by atoms with Crippen LogP contribution in [0.2, 0.25) is 0 Å². The van der Waals surface area contributed by atoms with Crippen molar-refractivity contribution >= 4 is 11.5 Å². The van der Waals surface area contributed by atoms with Crippen LogP contribution in [0.5, 0.6) is 0 Å². The highest BCUT2D eigenvalue weighted by atomic mass is 16.5. The summed E-state index contributed by atoms with van der Waals surface area (Å²) in [5.41, 5.74) is 7.90. The first-order valence-electron chi connectivity index (χ1n) is 5.77. The Morgan fingerprint density at radius 1 is 1.62 bits per heavy atom. The topological polar surface area (TPSA) is 56.3 Å². The van der Waals surface area contributed by atoms with Crippen molar-refractivity contribution in [1.82, 2.24) is 9.78 Å². The van der Waals surface area contributed by atoms with E-state index in [1.54, 1.807) is 0 Å². The Morgan fingerprint density at radius 3 is 2.88 bits per heavy atom. The first kappa shape index (κ1) is 11.3. The van der Waals surface area contributed by atoms with Crippen LogP contribution in [-0.2, 0) is 18.2 Å². The third-order valence-electron chi connectivity index (χ3n) is 3.25. The summed E-state index contributed by atoms with van der Waals surface area (Å²) < 4.78 is 7.27. The van der Waals surface area contributed by atoms with E-state index in [1.807, 2.05) is 11.7 Å². The van der Waals surface area contributed by atoms with Gasteiger partial charge in [-0.05, 0) is 12.8 Å². The molecule has 1 fully saturated rings. The molecule has 1 aliphatic heterocycles. The number of anilines is 2.